The SMILES string of the molecule is NN1CCCC(c2cccc3ccccc23)C1=O. The van der Waals surface area contributed by atoms with Gasteiger partial charge in [-0.05, 0) is 29.2 Å². The molecule has 1 aliphatic rings. The fraction of sp³-hybridized carbons (Fsp3) is 0.267. The van der Waals surface area contributed by atoms with Crippen molar-refractivity contribution < 1.29 is 4.79 Å². The number of fused-ring (bicyclic) bond motifs is 1. The van der Waals surface area contributed by atoms with Gasteiger partial charge in [-0.2, -0.15) is 0 Å². The average molecular weight is 240 g/mol. The van der Waals surface area contributed by atoms with Crippen LogP contribution in [-0.4, -0.2) is 17.5 Å². The lowest BCUT2D eigenvalue weighted by Crippen LogP contribution is -2.44. The Labute approximate surface area is 106 Å². The number of nitrogens with zero attached hydrogens (tertiary/aromatic N) is 1. The summed E-state index contributed by atoms with van der Waals surface area (Å²) in [5.41, 5.74) is 1.10. The molecule has 1 amide bonds. The summed E-state index contributed by atoms with van der Waals surface area (Å²) in [4.78, 5) is 12.2. The largest absolute Gasteiger partial charge is 0.280 e. The van der Waals surface area contributed by atoms with Gasteiger partial charge in [0.1, 0.15) is 0 Å². The van der Waals surface area contributed by atoms with Crippen LogP contribution in [0.1, 0.15) is 24.3 Å². The van der Waals surface area contributed by atoms with Crippen molar-refractivity contribution in [2.24, 2.45) is 5.84 Å². The molecule has 2 aromatic carbocycles. The molecule has 2 N–H and O–H groups in total. The highest BCUT2D eigenvalue weighted by Gasteiger charge is 2.29. The molecular formula is C15H16N2O. The number of nitrogens with two attached hydrogens (primary N) is 1. The fourth-order valence-electron chi connectivity index (χ4n) is 2.74. The third-order valence-corrected chi connectivity index (χ3v) is 3.67. The average Bonchev–Trinajstić information content (AvgIpc) is 2.41. The van der Waals surface area contributed by atoms with Gasteiger partial charge in [0.15, 0.2) is 0 Å². The zero-order valence-electron chi connectivity index (χ0n) is 10.2. The van der Waals surface area contributed by atoms with Gasteiger partial charge in [-0.25, -0.2) is 5.84 Å². The third-order valence-electron chi connectivity index (χ3n) is 3.67. The van der Waals surface area contributed by atoms with E-state index >= 15 is 0 Å². The third kappa shape index (κ3) is 1.77. The van der Waals surface area contributed by atoms with Crippen molar-refractivity contribution >= 4 is 16.7 Å². The molecule has 92 valence electrons. The minimum absolute atomic E-state index is 0.0394. The molecule has 3 rings (SSSR count). The van der Waals surface area contributed by atoms with Crippen LogP contribution in [0.5, 0.6) is 0 Å². The standard InChI is InChI=1S/C15H16N2O/c16-17-10-4-9-14(15(17)18)13-8-3-6-11-5-1-2-7-12(11)13/h1-3,5-8,14H,4,9-10,16H2. The van der Waals surface area contributed by atoms with Gasteiger partial charge in [0, 0.05) is 6.54 Å². The van der Waals surface area contributed by atoms with Gasteiger partial charge in [0.2, 0.25) is 5.91 Å². The zero-order valence-corrected chi connectivity index (χ0v) is 10.2. The van der Waals surface area contributed by atoms with E-state index in [1.54, 1.807) is 0 Å². The van der Waals surface area contributed by atoms with E-state index in [4.69, 9.17) is 5.84 Å². The Kier molecular flexibility index (Phi) is 2.76. The first-order valence-corrected chi connectivity index (χ1v) is 6.31. The van der Waals surface area contributed by atoms with Crippen LogP contribution < -0.4 is 5.84 Å². The summed E-state index contributed by atoms with van der Waals surface area (Å²) < 4.78 is 0. The number of carbonyl (C=O) groups excluding carboxylic acids is 1. The van der Waals surface area contributed by atoms with Crippen LogP contribution in [0.25, 0.3) is 10.8 Å². The van der Waals surface area contributed by atoms with Gasteiger partial charge in [-0.3, -0.25) is 9.80 Å². The summed E-state index contributed by atoms with van der Waals surface area (Å²) in [6, 6.07) is 14.3. The maximum Gasteiger partial charge on any atom is 0.244 e. The van der Waals surface area contributed by atoms with Crippen molar-refractivity contribution in [1.82, 2.24) is 5.01 Å². The summed E-state index contributed by atoms with van der Waals surface area (Å²) in [5.74, 6) is 5.69. The summed E-state index contributed by atoms with van der Waals surface area (Å²) >= 11 is 0. The summed E-state index contributed by atoms with van der Waals surface area (Å²) in [6.07, 6.45) is 1.86. The first-order valence-electron chi connectivity index (χ1n) is 6.31. The van der Waals surface area contributed by atoms with Crippen LogP contribution in [-0.2, 0) is 4.79 Å². The molecule has 1 unspecified atom stereocenters. The van der Waals surface area contributed by atoms with Crippen molar-refractivity contribution in [2.45, 2.75) is 18.8 Å². The predicted molar refractivity (Wildman–Crippen MR) is 71.8 cm³/mol. The Bertz CT molecular complexity index is 589. The topological polar surface area (TPSA) is 46.3 Å². The van der Waals surface area contributed by atoms with Crippen LogP contribution in [0, 0.1) is 0 Å². The highest BCUT2D eigenvalue weighted by molar-refractivity contribution is 5.93. The molecule has 1 aliphatic heterocycles. The van der Waals surface area contributed by atoms with Gasteiger partial charge < -0.3 is 0 Å². The molecule has 0 aliphatic carbocycles. The predicted octanol–water partition coefficient (Wildman–Crippen LogP) is 2.42. The lowest BCUT2D eigenvalue weighted by molar-refractivity contribution is -0.135. The van der Waals surface area contributed by atoms with E-state index in [2.05, 4.69) is 18.2 Å². The number of benzene rings is 2. The molecule has 0 saturated carbocycles. The molecule has 2 aromatic rings. The van der Waals surface area contributed by atoms with E-state index in [0.29, 0.717) is 6.54 Å². The quantitative estimate of drug-likeness (QED) is 0.614. The van der Waals surface area contributed by atoms with Crippen molar-refractivity contribution in [1.29, 1.82) is 0 Å². The van der Waals surface area contributed by atoms with Crippen molar-refractivity contribution in [3.63, 3.8) is 0 Å². The van der Waals surface area contributed by atoms with E-state index < -0.39 is 0 Å². The van der Waals surface area contributed by atoms with Crippen molar-refractivity contribution in [3.8, 4) is 0 Å². The molecule has 0 radical (unpaired) electrons. The lowest BCUT2D eigenvalue weighted by atomic mass is 9.87. The number of rotatable bonds is 1. The molecule has 18 heavy (non-hydrogen) atoms. The fourth-order valence-corrected chi connectivity index (χ4v) is 2.74. The van der Waals surface area contributed by atoms with Crippen LogP contribution in [0.2, 0.25) is 0 Å². The van der Waals surface area contributed by atoms with Gasteiger partial charge in [-0.1, -0.05) is 42.5 Å². The van der Waals surface area contributed by atoms with Crippen LogP contribution in [0.3, 0.4) is 0 Å². The maximum atomic E-state index is 12.2. The zero-order chi connectivity index (χ0) is 12.5. The van der Waals surface area contributed by atoms with Crippen LogP contribution in [0.15, 0.2) is 42.5 Å². The van der Waals surface area contributed by atoms with Gasteiger partial charge in [0.25, 0.3) is 0 Å². The molecule has 3 heteroatoms. The second-order valence-electron chi connectivity index (χ2n) is 4.79. The number of hydrogen-bond donors (Lipinski definition) is 1. The maximum absolute atomic E-state index is 12.2. The normalized spacial score (nSPS) is 20.4. The summed E-state index contributed by atoms with van der Waals surface area (Å²) in [7, 11) is 0. The summed E-state index contributed by atoms with van der Waals surface area (Å²) in [6.45, 7) is 0.667. The van der Waals surface area contributed by atoms with Crippen LogP contribution >= 0.6 is 0 Å². The molecule has 1 heterocycles. The van der Waals surface area contributed by atoms with E-state index in [1.807, 2.05) is 24.3 Å². The summed E-state index contributed by atoms with van der Waals surface area (Å²) in [5, 5.41) is 3.70. The monoisotopic (exact) mass is 240 g/mol. The number of hydrogen-bond acceptors (Lipinski definition) is 2. The highest BCUT2D eigenvalue weighted by Crippen LogP contribution is 2.32. The molecule has 0 spiro atoms. The Morgan fingerprint density at radius 3 is 2.78 bits per heavy atom. The smallest absolute Gasteiger partial charge is 0.244 e. The Hall–Kier alpha value is -1.87. The molecule has 0 aromatic heterocycles. The number of carbonyl (C=O) groups is 1. The van der Waals surface area contributed by atoms with E-state index in [1.165, 1.54) is 10.4 Å². The molecule has 1 fully saturated rings. The number of piperidine rings is 1. The Morgan fingerprint density at radius 2 is 1.89 bits per heavy atom. The van der Waals surface area contributed by atoms with Gasteiger partial charge in [-0.15, -0.1) is 0 Å². The molecule has 3 nitrogen and oxygen atoms in total. The molecule has 0 bridgehead atoms. The second-order valence-corrected chi connectivity index (χ2v) is 4.79. The van der Waals surface area contributed by atoms with E-state index in [-0.39, 0.29) is 11.8 Å². The minimum Gasteiger partial charge on any atom is -0.280 e. The minimum atomic E-state index is -0.0881. The molecular weight excluding hydrogens is 224 g/mol. The van der Waals surface area contributed by atoms with Crippen molar-refractivity contribution in [3.05, 3.63) is 48.0 Å². The van der Waals surface area contributed by atoms with Gasteiger partial charge >= 0.3 is 0 Å². The lowest BCUT2D eigenvalue weighted by Gasteiger charge is -2.29. The first kappa shape index (κ1) is 11.2. The second kappa shape index (κ2) is 4.42. The molecule has 1 atom stereocenters. The Morgan fingerprint density at radius 1 is 1.11 bits per heavy atom. The number of hydrazine groups is 1. The van der Waals surface area contributed by atoms with Gasteiger partial charge in [0.05, 0.1) is 5.92 Å². The first-order chi connectivity index (χ1) is 8.77. The van der Waals surface area contributed by atoms with E-state index in [9.17, 15) is 4.79 Å². The highest BCUT2D eigenvalue weighted by atomic mass is 16.2. The van der Waals surface area contributed by atoms with E-state index in [0.717, 1.165) is 23.8 Å². The number of amides is 1. The molecule has 1 saturated heterocycles. The van der Waals surface area contributed by atoms with Crippen molar-refractivity contribution in [2.75, 3.05) is 6.54 Å². The Balaban J connectivity index is 2.11. The van der Waals surface area contributed by atoms with Crippen LogP contribution in [0.4, 0.5) is 0 Å².